The molecule has 1 N–H and O–H groups in total. The van der Waals surface area contributed by atoms with Gasteiger partial charge in [0.25, 0.3) is 11.5 Å². The lowest BCUT2D eigenvalue weighted by atomic mass is 10.1. The van der Waals surface area contributed by atoms with E-state index in [2.05, 4.69) is 10.5 Å². The lowest BCUT2D eigenvalue weighted by molar-refractivity contribution is -0.121. The number of hydrazone groups is 1. The molecule has 2 aromatic carbocycles. The van der Waals surface area contributed by atoms with Gasteiger partial charge in [0.15, 0.2) is 0 Å². The van der Waals surface area contributed by atoms with Crippen LogP contribution in [0.3, 0.4) is 0 Å². The summed E-state index contributed by atoms with van der Waals surface area (Å²) in [6, 6.07) is 16.7. The zero-order chi connectivity index (χ0) is 26.5. The molecular formula is C27H23Cl2N5O3. The van der Waals surface area contributed by atoms with E-state index in [4.69, 9.17) is 27.9 Å². The molecule has 0 unspecified atom stereocenters. The lowest BCUT2D eigenvalue weighted by Crippen LogP contribution is -2.33. The zero-order valence-corrected chi connectivity index (χ0v) is 21.7. The molecule has 10 heteroatoms. The second-order valence-corrected chi connectivity index (χ2v) is 9.16. The summed E-state index contributed by atoms with van der Waals surface area (Å²) in [5.41, 5.74) is 5.43. The molecule has 1 amide bonds. The second-order valence-electron chi connectivity index (χ2n) is 8.34. The van der Waals surface area contributed by atoms with E-state index in [-0.39, 0.29) is 18.7 Å². The lowest BCUT2D eigenvalue weighted by Gasteiger charge is -2.12. The largest absolute Gasteiger partial charge is 0.380 e. The van der Waals surface area contributed by atoms with Gasteiger partial charge in [0, 0.05) is 56.6 Å². The van der Waals surface area contributed by atoms with Crippen LogP contribution in [-0.4, -0.2) is 28.4 Å². The molecule has 0 radical (unpaired) electrons. The number of nitriles is 1. The molecule has 4 rings (SSSR count). The molecule has 0 fully saturated rings. The summed E-state index contributed by atoms with van der Waals surface area (Å²) in [7, 11) is 1.48. The van der Waals surface area contributed by atoms with Crippen molar-refractivity contribution in [3.8, 4) is 6.07 Å². The van der Waals surface area contributed by atoms with Crippen molar-refractivity contribution in [3.63, 3.8) is 0 Å². The fraction of sp³-hybridized carbons (Fsp3) is 0.185. The van der Waals surface area contributed by atoms with Gasteiger partial charge in [0.2, 0.25) is 0 Å². The minimum absolute atomic E-state index is 0.0461. The van der Waals surface area contributed by atoms with E-state index in [1.807, 2.05) is 41.1 Å². The predicted octanol–water partition coefficient (Wildman–Crippen LogP) is 4.63. The summed E-state index contributed by atoms with van der Waals surface area (Å²) in [5, 5.41) is 15.6. The van der Waals surface area contributed by atoms with Crippen molar-refractivity contribution in [2.24, 2.45) is 5.10 Å². The van der Waals surface area contributed by atoms with Crippen molar-refractivity contribution < 1.29 is 9.53 Å². The molecule has 0 aliphatic carbocycles. The Balaban J connectivity index is 1.54. The van der Waals surface area contributed by atoms with Gasteiger partial charge in [-0.3, -0.25) is 9.59 Å². The maximum absolute atomic E-state index is 12.7. The number of aryl methyl sites for hydroxylation is 1. The Bertz CT molecular complexity index is 1590. The van der Waals surface area contributed by atoms with Crippen molar-refractivity contribution in [2.45, 2.75) is 26.6 Å². The number of pyridine rings is 1. The average molecular weight is 536 g/mol. The maximum atomic E-state index is 12.7. The van der Waals surface area contributed by atoms with Crippen molar-refractivity contribution >= 4 is 46.2 Å². The van der Waals surface area contributed by atoms with E-state index < -0.39 is 11.5 Å². The number of nitrogens with one attached hydrogen (secondary N) is 1. The van der Waals surface area contributed by atoms with E-state index in [1.165, 1.54) is 11.7 Å². The van der Waals surface area contributed by atoms with E-state index >= 15 is 0 Å². The Morgan fingerprint density at radius 3 is 2.62 bits per heavy atom. The van der Waals surface area contributed by atoms with Crippen LogP contribution in [0.4, 0.5) is 0 Å². The number of hydrogen-bond acceptors (Lipinski definition) is 5. The number of carbonyl (C=O) groups excluding carboxylic acids is 1. The Hall–Kier alpha value is -3.90. The van der Waals surface area contributed by atoms with Gasteiger partial charge in [-0.15, -0.1) is 0 Å². The summed E-state index contributed by atoms with van der Waals surface area (Å²) in [5.74, 6) is -0.503. The number of fused-ring (bicyclic) bond motifs is 1. The molecule has 2 aromatic heterocycles. The molecule has 8 nitrogen and oxygen atoms in total. The van der Waals surface area contributed by atoms with Crippen molar-refractivity contribution in [1.82, 2.24) is 14.6 Å². The van der Waals surface area contributed by atoms with Gasteiger partial charge in [0.05, 0.1) is 19.4 Å². The van der Waals surface area contributed by atoms with E-state index in [0.29, 0.717) is 27.8 Å². The highest BCUT2D eigenvalue weighted by atomic mass is 35.5. The van der Waals surface area contributed by atoms with Crippen LogP contribution in [0.5, 0.6) is 0 Å². The predicted molar refractivity (Wildman–Crippen MR) is 144 cm³/mol. The first-order chi connectivity index (χ1) is 17.8. The third kappa shape index (κ3) is 5.59. The van der Waals surface area contributed by atoms with Crippen LogP contribution in [-0.2, 0) is 29.2 Å². The fourth-order valence-corrected chi connectivity index (χ4v) is 4.65. The number of nitrogens with zero attached hydrogens (tertiary/aromatic N) is 4. The molecule has 2 heterocycles. The van der Waals surface area contributed by atoms with Gasteiger partial charge in [-0.05, 0) is 31.2 Å². The van der Waals surface area contributed by atoms with E-state index in [9.17, 15) is 14.9 Å². The highest BCUT2D eigenvalue weighted by Crippen LogP contribution is 2.28. The van der Waals surface area contributed by atoms with E-state index in [1.54, 1.807) is 37.4 Å². The molecule has 0 saturated carbocycles. The van der Waals surface area contributed by atoms with Crippen LogP contribution in [0, 0.1) is 18.3 Å². The Morgan fingerprint density at radius 2 is 1.92 bits per heavy atom. The smallest absolute Gasteiger partial charge is 0.269 e. The monoisotopic (exact) mass is 535 g/mol. The van der Waals surface area contributed by atoms with Crippen LogP contribution in [0.1, 0.15) is 27.9 Å². The SMILES string of the molecule is COCc1cc(C)n(CC(=O)NN=Cc2cn(Cc3c(Cl)cccc3Cl)c3ccccc23)c(=O)c1C#N. The van der Waals surface area contributed by atoms with Crippen LogP contribution >= 0.6 is 23.2 Å². The first-order valence-electron chi connectivity index (χ1n) is 11.3. The number of carbonyl (C=O) groups is 1. The minimum atomic E-state index is -0.546. The van der Waals surface area contributed by atoms with Crippen LogP contribution in [0.2, 0.25) is 10.0 Å². The second kappa shape index (κ2) is 11.4. The number of amides is 1. The van der Waals surface area contributed by atoms with Crippen LogP contribution in [0.15, 0.2) is 64.6 Å². The number of aromatic nitrogens is 2. The number of para-hydroxylation sites is 1. The van der Waals surface area contributed by atoms with Gasteiger partial charge >= 0.3 is 0 Å². The number of methoxy groups -OCH3 is 1. The van der Waals surface area contributed by atoms with E-state index in [0.717, 1.165) is 22.0 Å². The summed E-state index contributed by atoms with van der Waals surface area (Å²) in [6.07, 6.45) is 3.45. The summed E-state index contributed by atoms with van der Waals surface area (Å²) in [4.78, 5) is 25.3. The molecule has 0 atom stereocenters. The van der Waals surface area contributed by atoms with Crippen molar-refractivity contribution in [3.05, 3.63) is 103 Å². The number of hydrogen-bond donors (Lipinski definition) is 1. The summed E-state index contributed by atoms with van der Waals surface area (Å²) in [6.45, 7) is 2.00. The van der Waals surface area contributed by atoms with Gasteiger partial charge < -0.3 is 13.9 Å². The summed E-state index contributed by atoms with van der Waals surface area (Å²) >= 11 is 12.7. The third-order valence-electron chi connectivity index (χ3n) is 5.90. The number of rotatable bonds is 8. The molecule has 188 valence electrons. The topological polar surface area (TPSA) is 101 Å². The van der Waals surface area contributed by atoms with Crippen LogP contribution < -0.4 is 11.0 Å². The molecule has 0 saturated heterocycles. The minimum Gasteiger partial charge on any atom is -0.380 e. The Labute approximate surface area is 223 Å². The highest BCUT2D eigenvalue weighted by Gasteiger charge is 2.15. The third-order valence-corrected chi connectivity index (χ3v) is 6.61. The molecule has 0 spiro atoms. The molecular weight excluding hydrogens is 513 g/mol. The summed E-state index contributed by atoms with van der Waals surface area (Å²) < 4.78 is 8.31. The maximum Gasteiger partial charge on any atom is 0.269 e. The fourth-order valence-electron chi connectivity index (χ4n) is 4.14. The standard InChI is InChI=1S/C27H23Cl2N5O3/c1-17-10-18(16-37-2)21(11-30)27(36)34(17)15-26(35)32-31-12-19-13-33(25-9-4-3-6-20(19)25)14-22-23(28)7-5-8-24(22)29/h3-10,12-13H,14-16H2,1-2H3,(H,32,35). The van der Waals surface area contributed by atoms with Gasteiger partial charge in [-0.1, -0.05) is 47.5 Å². The van der Waals surface area contributed by atoms with Crippen molar-refractivity contribution in [1.29, 1.82) is 5.26 Å². The first-order valence-corrected chi connectivity index (χ1v) is 12.0. The number of benzene rings is 2. The average Bonchev–Trinajstić information content (AvgIpc) is 3.22. The van der Waals surface area contributed by atoms with Crippen molar-refractivity contribution in [2.75, 3.05) is 7.11 Å². The Morgan fingerprint density at radius 1 is 1.19 bits per heavy atom. The first kappa shape index (κ1) is 26.2. The van der Waals surface area contributed by atoms with Gasteiger partial charge in [-0.2, -0.15) is 10.4 Å². The quantitative estimate of drug-likeness (QED) is 0.262. The van der Waals surface area contributed by atoms with Gasteiger partial charge in [0.1, 0.15) is 18.2 Å². The molecule has 0 bridgehead atoms. The van der Waals surface area contributed by atoms with Gasteiger partial charge in [-0.25, -0.2) is 5.43 Å². The molecule has 4 aromatic rings. The Kier molecular flexibility index (Phi) is 8.09. The zero-order valence-electron chi connectivity index (χ0n) is 20.2. The molecule has 0 aliphatic heterocycles. The molecule has 0 aliphatic rings. The normalized spacial score (nSPS) is 11.2. The number of halogens is 2. The van der Waals surface area contributed by atoms with Crippen LogP contribution in [0.25, 0.3) is 10.9 Å². The number of ether oxygens (including phenoxy) is 1. The highest BCUT2D eigenvalue weighted by molar-refractivity contribution is 6.36. The molecule has 37 heavy (non-hydrogen) atoms.